The molecule has 2 aliphatic carbocycles. The van der Waals surface area contributed by atoms with Gasteiger partial charge in [0.15, 0.2) is 6.61 Å². The summed E-state index contributed by atoms with van der Waals surface area (Å²) >= 11 is 0. The first-order valence-corrected chi connectivity index (χ1v) is 13.4. The molecule has 1 aromatic carbocycles. The van der Waals surface area contributed by atoms with Crippen molar-refractivity contribution in [2.75, 3.05) is 13.7 Å². The zero-order valence-electron chi connectivity index (χ0n) is 22.1. The third kappa shape index (κ3) is 7.70. The molecule has 0 aliphatic heterocycles. The van der Waals surface area contributed by atoms with E-state index in [0.29, 0.717) is 24.0 Å². The fourth-order valence-electron chi connectivity index (χ4n) is 5.91. The Kier molecular flexibility index (Phi) is 10.8. The molecule has 37 heavy (non-hydrogen) atoms. The lowest BCUT2D eigenvalue weighted by molar-refractivity contribution is -0.146. The number of hydrogen-bond acceptors (Lipinski definition) is 7. The maximum Gasteiger partial charge on any atom is 0.343 e. The zero-order chi connectivity index (χ0) is 26.8. The Labute approximate surface area is 220 Å². The van der Waals surface area contributed by atoms with Crippen LogP contribution in [0.1, 0.15) is 63.0 Å². The van der Waals surface area contributed by atoms with E-state index in [9.17, 15) is 14.4 Å². The van der Waals surface area contributed by atoms with Gasteiger partial charge < -0.3 is 18.9 Å². The number of esters is 3. The number of benzene rings is 1. The van der Waals surface area contributed by atoms with Gasteiger partial charge in [0.05, 0.1) is 7.11 Å². The summed E-state index contributed by atoms with van der Waals surface area (Å²) in [5, 5.41) is 0. The Balaban J connectivity index is 1.77. The molecule has 202 valence electrons. The van der Waals surface area contributed by atoms with E-state index in [-0.39, 0.29) is 24.7 Å². The van der Waals surface area contributed by atoms with Crippen molar-refractivity contribution in [3.63, 3.8) is 0 Å². The van der Waals surface area contributed by atoms with Crippen LogP contribution in [0.2, 0.25) is 0 Å². The highest BCUT2D eigenvalue weighted by atomic mass is 16.6. The summed E-state index contributed by atoms with van der Waals surface area (Å²) in [6, 6.07) is 5.94. The summed E-state index contributed by atoms with van der Waals surface area (Å²) in [5.74, 6) is 0.274. The molecule has 5 atom stereocenters. The number of rotatable bonds is 14. The van der Waals surface area contributed by atoms with Gasteiger partial charge >= 0.3 is 17.9 Å². The Morgan fingerprint density at radius 3 is 2.57 bits per heavy atom. The largest absolute Gasteiger partial charge is 0.482 e. The lowest BCUT2D eigenvalue weighted by Crippen LogP contribution is -2.30. The van der Waals surface area contributed by atoms with Crippen LogP contribution in [-0.4, -0.2) is 43.8 Å². The van der Waals surface area contributed by atoms with Crippen LogP contribution in [0.5, 0.6) is 5.75 Å². The van der Waals surface area contributed by atoms with Gasteiger partial charge in [0, 0.05) is 12.2 Å². The highest BCUT2D eigenvalue weighted by Crippen LogP contribution is 2.49. The van der Waals surface area contributed by atoms with E-state index >= 15 is 0 Å². The van der Waals surface area contributed by atoms with Crippen LogP contribution >= 0.6 is 0 Å². The highest BCUT2D eigenvalue weighted by molar-refractivity contribution is 5.81. The number of fused-ring (bicyclic) bond motifs is 2. The van der Waals surface area contributed by atoms with Crippen LogP contribution in [0.3, 0.4) is 0 Å². The van der Waals surface area contributed by atoms with Crippen LogP contribution in [0.25, 0.3) is 0 Å². The lowest BCUT2D eigenvalue weighted by atomic mass is 9.73. The van der Waals surface area contributed by atoms with Crippen LogP contribution in [0, 0.1) is 17.8 Å². The van der Waals surface area contributed by atoms with Gasteiger partial charge in [-0.2, -0.15) is 0 Å². The fraction of sp³-hybridized carbons (Fsp3) is 0.567. The first kappa shape index (κ1) is 28.5. The first-order chi connectivity index (χ1) is 17.9. The molecule has 2 aliphatic rings. The third-order valence-electron chi connectivity index (χ3n) is 7.73. The molecule has 7 heteroatoms. The Morgan fingerprint density at radius 1 is 1.08 bits per heavy atom. The number of unbranched alkanes of at least 4 members (excludes halogenated alkanes) is 2. The van der Waals surface area contributed by atoms with Gasteiger partial charge in [0.1, 0.15) is 18.0 Å². The molecule has 1 saturated carbocycles. The van der Waals surface area contributed by atoms with Gasteiger partial charge in [-0.05, 0) is 79.9 Å². The molecule has 7 nitrogen and oxygen atoms in total. The summed E-state index contributed by atoms with van der Waals surface area (Å²) in [7, 11) is 1.34. The average molecular weight is 513 g/mol. The van der Waals surface area contributed by atoms with Crippen LogP contribution < -0.4 is 4.74 Å². The Bertz CT molecular complexity index is 969. The minimum Gasteiger partial charge on any atom is -0.482 e. The van der Waals surface area contributed by atoms with Crippen molar-refractivity contribution in [2.45, 2.75) is 76.9 Å². The van der Waals surface area contributed by atoms with Crippen molar-refractivity contribution in [2.24, 2.45) is 17.8 Å². The van der Waals surface area contributed by atoms with Crippen LogP contribution in [-0.2, 0) is 41.4 Å². The van der Waals surface area contributed by atoms with Crippen molar-refractivity contribution in [1.82, 2.24) is 0 Å². The van der Waals surface area contributed by atoms with Gasteiger partial charge in [-0.3, -0.25) is 0 Å². The smallest absolute Gasteiger partial charge is 0.343 e. The predicted octanol–water partition coefficient (Wildman–Crippen LogP) is 5.15. The first-order valence-electron chi connectivity index (χ1n) is 13.4. The molecule has 1 aromatic rings. The second-order valence-electron chi connectivity index (χ2n) is 10.0. The van der Waals surface area contributed by atoms with Gasteiger partial charge in [-0.1, -0.05) is 45.1 Å². The molecular weight excluding hydrogens is 472 g/mol. The molecule has 0 amide bonds. The number of ether oxygens (including phenoxy) is 4. The van der Waals surface area contributed by atoms with Crippen LogP contribution in [0.4, 0.5) is 0 Å². The van der Waals surface area contributed by atoms with E-state index < -0.39 is 17.9 Å². The molecule has 0 spiro atoms. The lowest BCUT2D eigenvalue weighted by Gasteiger charge is -2.33. The van der Waals surface area contributed by atoms with Gasteiger partial charge in [-0.15, -0.1) is 0 Å². The summed E-state index contributed by atoms with van der Waals surface area (Å²) in [5.41, 5.74) is 2.31. The molecule has 0 saturated heterocycles. The van der Waals surface area contributed by atoms with Crippen molar-refractivity contribution >= 4 is 17.9 Å². The average Bonchev–Trinajstić information content (AvgIpc) is 3.24. The van der Waals surface area contributed by atoms with Gasteiger partial charge in [0.25, 0.3) is 0 Å². The molecule has 0 heterocycles. The number of carbonyl (C=O) groups is 3. The Hall–Kier alpha value is -3.09. The van der Waals surface area contributed by atoms with E-state index in [1.807, 2.05) is 12.1 Å². The van der Waals surface area contributed by atoms with E-state index in [4.69, 9.17) is 18.9 Å². The van der Waals surface area contributed by atoms with E-state index in [1.165, 1.54) is 24.8 Å². The molecular formula is C30H40O7. The van der Waals surface area contributed by atoms with Gasteiger partial charge in [-0.25, -0.2) is 14.4 Å². The predicted molar refractivity (Wildman–Crippen MR) is 140 cm³/mol. The van der Waals surface area contributed by atoms with Crippen LogP contribution in [0.15, 0.2) is 43.5 Å². The number of methoxy groups -OCH3 is 1. The third-order valence-corrected chi connectivity index (χ3v) is 7.73. The molecule has 0 N–H and O–H groups in total. The molecule has 0 aromatic heterocycles. The Morgan fingerprint density at radius 2 is 1.86 bits per heavy atom. The minimum absolute atomic E-state index is 0.133. The second-order valence-corrected chi connectivity index (χ2v) is 10.0. The fourth-order valence-corrected chi connectivity index (χ4v) is 5.91. The van der Waals surface area contributed by atoms with Crippen molar-refractivity contribution in [1.29, 1.82) is 0 Å². The maximum absolute atomic E-state index is 12.2. The summed E-state index contributed by atoms with van der Waals surface area (Å²) in [6.07, 6.45) is 9.93. The molecule has 3 rings (SSSR count). The van der Waals surface area contributed by atoms with Gasteiger partial charge in [0.2, 0.25) is 0 Å². The SMILES string of the molecule is C=CC(=O)O[C@H](CCCCC)CCC1[C@H]2Cc3cccc(OCC(=O)OC)c3C[C@H]2C[C@H]1OC(=O)C=C. The molecule has 1 unspecified atom stereocenters. The van der Waals surface area contributed by atoms with Crippen molar-refractivity contribution in [3.05, 3.63) is 54.6 Å². The molecule has 0 radical (unpaired) electrons. The number of hydrogen-bond donors (Lipinski definition) is 0. The van der Waals surface area contributed by atoms with Crippen molar-refractivity contribution < 1.29 is 33.3 Å². The molecule has 1 fully saturated rings. The second kappa shape index (κ2) is 14.0. The normalized spacial score (nSPS) is 22.6. The van der Waals surface area contributed by atoms with E-state index in [0.717, 1.165) is 56.9 Å². The summed E-state index contributed by atoms with van der Waals surface area (Å²) < 4.78 is 22.0. The zero-order valence-corrected chi connectivity index (χ0v) is 22.1. The minimum atomic E-state index is -0.422. The maximum atomic E-state index is 12.2. The highest BCUT2D eigenvalue weighted by Gasteiger charge is 2.47. The van der Waals surface area contributed by atoms with Crippen molar-refractivity contribution in [3.8, 4) is 5.75 Å². The number of carbonyl (C=O) groups excluding carboxylic acids is 3. The topological polar surface area (TPSA) is 88.1 Å². The van der Waals surface area contributed by atoms with E-state index in [2.05, 4.69) is 26.1 Å². The standard InChI is InChI=1S/C30H40O7/c1-5-8-9-12-22(36-28(31)6-2)14-15-23-24-16-20-11-10-13-26(35-19-30(33)34-4)25(20)17-21(24)18-27(23)37-29(32)7-3/h6-7,10-11,13,21-24,27H,2-3,5,8-9,12,14-19H2,1,4H3/t21-,22+,23?,24-,27+/m0/s1. The molecule has 0 bridgehead atoms. The summed E-state index contributed by atoms with van der Waals surface area (Å²) in [4.78, 5) is 35.7. The monoisotopic (exact) mass is 512 g/mol. The summed E-state index contributed by atoms with van der Waals surface area (Å²) in [6.45, 7) is 9.12. The quantitative estimate of drug-likeness (QED) is 0.147. The van der Waals surface area contributed by atoms with E-state index in [1.54, 1.807) is 0 Å².